The van der Waals surface area contributed by atoms with E-state index in [9.17, 15) is 13.2 Å². The molecule has 0 unspecified atom stereocenters. The Bertz CT molecular complexity index is 1220. The molecule has 4 rings (SSSR count). The van der Waals surface area contributed by atoms with Gasteiger partial charge in [0.05, 0.1) is 28.2 Å². The molecule has 0 atom stereocenters. The topological polar surface area (TPSA) is 103 Å². The average Bonchev–Trinajstić information content (AvgIpc) is 3.29. The van der Waals surface area contributed by atoms with Crippen molar-refractivity contribution in [1.29, 1.82) is 0 Å². The van der Waals surface area contributed by atoms with E-state index in [-0.39, 0.29) is 17.3 Å². The summed E-state index contributed by atoms with van der Waals surface area (Å²) in [6, 6.07) is 12.5. The van der Waals surface area contributed by atoms with Gasteiger partial charge in [0, 0.05) is 25.0 Å². The zero-order valence-electron chi connectivity index (χ0n) is 17.3. The number of hydrogen-bond donors (Lipinski definition) is 1. The Kier molecular flexibility index (Phi) is 7.20. The third-order valence-electron chi connectivity index (χ3n) is 4.85. The number of amides is 1. The molecule has 1 aliphatic heterocycles. The third-order valence-corrected chi connectivity index (χ3v) is 7.36. The quantitative estimate of drug-likeness (QED) is 0.521. The normalized spacial score (nSPS) is 14.7. The number of anilines is 1. The number of ether oxygens (including phenoxy) is 2. The van der Waals surface area contributed by atoms with Crippen LogP contribution >= 0.6 is 23.2 Å². The first-order valence-electron chi connectivity index (χ1n) is 9.94. The summed E-state index contributed by atoms with van der Waals surface area (Å²) in [6.07, 6.45) is 1.58. The number of hydrogen-bond acceptors (Lipinski definition) is 6. The number of morpholine rings is 1. The summed E-state index contributed by atoms with van der Waals surface area (Å²) in [5, 5.41) is 7.61. The van der Waals surface area contributed by atoms with Crippen LogP contribution in [0.15, 0.2) is 59.6 Å². The van der Waals surface area contributed by atoms with Crippen LogP contribution in [0.2, 0.25) is 10.0 Å². The van der Waals surface area contributed by atoms with Crippen molar-refractivity contribution in [2.24, 2.45) is 0 Å². The summed E-state index contributed by atoms with van der Waals surface area (Å²) >= 11 is 12.2. The highest BCUT2D eigenvalue weighted by Gasteiger charge is 2.26. The first kappa shape index (κ1) is 23.5. The first-order chi connectivity index (χ1) is 15.8. The summed E-state index contributed by atoms with van der Waals surface area (Å²) < 4.78 is 39.0. The Balaban J connectivity index is 1.37. The minimum atomic E-state index is -3.60. The molecule has 1 saturated heterocycles. The Morgan fingerprint density at radius 3 is 2.39 bits per heavy atom. The maximum atomic E-state index is 12.7. The second-order valence-electron chi connectivity index (χ2n) is 7.06. The van der Waals surface area contributed by atoms with Crippen LogP contribution < -0.4 is 10.1 Å². The minimum Gasteiger partial charge on any atom is -0.468 e. The van der Waals surface area contributed by atoms with E-state index in [1.165, 1.54) is 39.3 Å². The number of rotatable bonds is 7. The molecule has 3 aromatic rings. The molecule has 1 aromatic heterocycles. The number of halogens is 2. The van der Waals surface area contributed by atoms with Crippen molar-refractivity contribution in [3.05, 3.63) is 70.5 Å². The highest BCUT2D eigenvalue weighted by molar-refractivity contribution is 7.89. The lowest BCUT2D eigenvalue weighted by molar-refractivity contribution is 0.0730. The molecule has 2 heterocycles. The van der Waals surface area contributed by atoms with Crippen LogP contribution in [0.1, 0.15) is 10.5 Å². The summed E-state index contributed by atoms with van der Waals surface area (Å²) in [6.45, 7) is 1.38. The number of benzene rings is 2. The van der Waals surface area contributed by atoms with Crippen LogP contribution in [0.3, 0.4) is 0 Å². The molecule has 2 aromatic carbocycles. The molecular weight excluding hydrogens is 491 g/mol. The molecular formula is C21H20Cl2N4O5S. The largest absolute Gasteiger partial charge is 0.468 e. The maximum absolute atomic E-state index is 12.7. The van der Waals surface area contributed by atoms with Gasteiger partial charge in [-0.05, 0) is 42.5 Å². The first-order valence-corrected chi connectivity index (χ1v) is 12.1. The molecule has 0 bridgehead atoms. The highest BCUT2D eigenvalue weighted by Crippen LogP contribution is 2.32. The van der Waals surface area contributed by atoms with Gasteiger partial charge in [-0.3, -0.25) is 4.79 Å². The number of nitrogens with zero attached hydrogens (tertiary/aromatic N) is 3. The lowest BCUT2D eigenvalue weighted by atomic mass is 10.3. The number of carbonyl (C=O) groups is 1. The van der Waals surface area contributed by atoms with E-state index < -0.39 is 15.9 Å². The van der Waals surface area contributed by atoms with Gasteiger partial charge in [-0.25, -0.2) is 13.1 Å². The number of carbonyl (C=O) groups excluding carboxylic acids is 1. The Morgan fingerprint density at radius 1 is 1.06 bits per heavy atom. The van der Waals surface area contributed by atoms with Crippen molar-refractivity contribution < 1.29 is 22.7 Å². The van der Waals surface area contributed by atoms with Crippen molar-refractivity contribution in [2.45, 2.75) is 11.6 Å². The van der Waals surface area contributed by atoms with Crippen LogP contribution in [0, 0.1) is 0 Å². The zero-order valence-corrected chi connectivity index (χ0v) is 19.6. The molecule has 0 spiro atoms. The van der Waals surface area contributed by atoms with Gasteiger partial charge in [-0.2, -0.15) is 9.40 Å². The molecule has 1 amide bonds. The molecule has 0 saturated carbocycles. The van der Waals surface area contributed by atoms with Gasteiger partial charge in [0.1, 0.15) is 0 Å². The number of sulfonamides is 1. The van der Waals surface area contributed by atoms with Crippen molar-refractivity contribution in [1.82, 2.24) is 14.1 Å². The fourth-order valence-electron chi connectivity index (χ4n) is 3.15. The van der Waals surface area contributed by atoms with E-state index in [0.717, 1.165) is 0 Å². The molecule has 9 nitrogen and oxygen atoms in total. The van der Waals surface area contributed by atoms with Gasteiger partial charge in [0.25, 0.3) is 5.91 Å². The third kappa shape index (κ3) is 5.48. The van der Waals surface area contributed by atoms with Crippen molar-refractivity contribution in [3.8, 4) is 5.75 Å². The van der Waals surface area contributed by atoms with Crippen LogP contribution in [-0.2, 0) is 21.5 Å². The van der Waals surface area contributed by atoms with Gasteiger partial charge in [0.15, 0.2) is 18.2 Å². The molecule has 1 aliphatic rings. The summed E-state index contributed by atoms with van der Waals surface area (Å²) in [5.41, 5.74) is 0.600. The maximum Gasteiger partial charge on any atom is 0.276 e. The SMILES string of the molecule is O=C(Nc1ccc(S(=O)(=O)N2CCOCC2)cc1)c1ccn(COc2c(Cl)cccc2Cl)n1. The molecule has 12 heteroatoms. The van der Waals surface area contributed by atoms with Gasteiger partial charge < -0.3 is 14.8 Å². The van der Waals surface area contributed by atoms with E-state index in [1.807, 2.05) is 0 Å². The van der Waals surface area contributed by atoms with Crippen LogP contribution in [0.4, 0.5) is 5.69 Å². The van der Waals surface area contributed by atoms with E-state index in [0.29, 0.717) is 47.8 Å². The smallest absolute Gasteiger partial charge is 0.276 e. The molecule has 1 fully saturated rings. The number of aromatic nitrogens is 2. The summed E-state index contributed by atoms with van der Waals surface area (Å²) in [4.78, 5) is 12.7. The summed E-state index contributed by atoms with van der Waals surface area (Å²) in [5.74, 6) is -0.122. The fraction of sp³-hybridized carbons (Fsp3) is 0.238. The number of para-hydroxylation sites is 1. The Hall–Kier alpha value is -2.63. The second-order valence-corrected chi connectivity index (χ2v) is 9.81. The van der Waals surface area contributed by atoms with E-state index >= 15 is 0 Å². The monoisotopic (exact) mass is 510 g/mol. The lowest BCUT2D eigenvalue weighted by Gasteiger charge is -2.26. The standard InChI is InChI=1S/C21H20Cl2N4O5S/c22-17-2-1-3-18(23)20(17)32-14-26-9-8-19(25-26)21(28)24-15-4-6-16(7-5-15)33(29,30)27-10-12-31-13-11-27/h1-9H,10-14H2,(H,24,28). The average molecular weight is 511 g/mol. The lowest BCUT2D eigenvalue weighted by Crippen LogP contribution is -2.40. The molecule has 1 N–H and O–H groups in total. The molecule has 0 radical (unpaired) electrons. The van der Waals surface area contributed by atoms with Crippen LogP contribution in [-0.4, -0.2) is 54.7 Å². The predicted molar refractivity (Wildman–Crippen MR) is 123 cm³/mol. The van der Waals surface area contributed by atoms with E-state index in [4.69, 9.17) is 32.7 Å². The van der Waals surface area contributed by atoms with E-state index in [2.05, 4.69) is 10.4 Å². The van der Waals surface area contributed by atoms with Crippen molar-refractivity contribution in [2.75, 3.05) is 31.6 Å². The highest BCUT2D eigenvalue weighted by atomic mass is 35.5. The van der Waals surface area contributed by atoms with Gasteiger partial charge in [-0.15, -0.1) is 0 Å². The van der Waals surface area contributed by atoms with Crippen LogP contribution in [0.5, 0.6) is 5.75 Å². The Morgan fingerprint density at radius 2 is 1.73 bits per heavy atom. The minimum absolute atomic E-state index is 0.00479. The van der Waals surface area contributed by atoms with Gasteiger partial charge in [0.2, 0.25) is 10.0 Å². The molecule has 33 heavy (non-hydrogen) atoms. The number of nitrogens with one attached hydrogen (secondary N) is 1. The predicted octanol–water partition coefficient (Wildman–Crippen LogP) is 3.50. The second kappa shape index (κ2) is 10.1. The molecule has 0 aliphatic carbocycles. The summed E-state index contributed by atoms with van der Waals surface area (Å²) in [7, 11) is -3.60. The fourth-order valence-corrected chi connectivity index (χ4v) is 5.06. The van der Waals surface area contributed by atoms with Crippen molar-refractivity contribution >= 4 is 44.8 Å². The van der Waals surface area contributed by atoms with Gasteiger partial charge >= 0.3 is 0 Å². The molecule has 174 valence electrons. The Labute approximate surface area is 200 Å². The van der Waals surface area contributed by atoms with E-state index in [1.54, 1.807) is 24.4 Å². The van der Waals surface area contributed by atoms with Gasteiger partial charge in [-0.1, -0.05) is 29.3 Å². The van der Waals surface area contributed by atoms with Crippen molar-refractivity contribution in [3.63, 3.8) is 0 Å². The zero-order chi connectivity index (χ0) is 23.4. The van der Waals surface area contributed by atoms with Crippen LogP contribution in [0.25, 0.3) is 0 Å².